The lowest BCUT2D eigenvalue weighted by Crippen LogP contribution is -2.19. The molecule has 0 aromatic heterocycles. The van der Waals surface area contributed by atoms with Crippen molar-refractivity contribution in [3.63, 3.8) is 0 Å². The molecule has 0 aliphatic carbocycles. The van der Waals surface area contributed by atoms with Gasteiger partial charge in [-0.05, 0) is 24.3 Å². The maximum absolute atomic E-state index is 13.1. The SMILES string of the molecule is N#Cc1ccc(NC(=O)Nc2cc(F)cc(F)c2O)cc1. The lowest BCUT2D eigenvalue weighted by Gasteiger charge is -2.09. The molecule has 0 fully saturated rings. The fourth-order valence-corrected chi connectivity index (χ4v) is 1.57. The van der Waals surface area contributed by atoms with Crippen LogP contribution in [0.1, 0.15) is 5.56 Å². The predicted molar refractivity (Wildman–Crippen MR) is 71.8 cm³/mol. The molecule has 0 saturated heterocycles. The first-order valence-corrected chi connectivity index (χ1v) is 5.76. The normalized spacial score (nSPS) is 9.76. The molecule has 5 nitrogen and oxygen atoms in total. The molecule has 106 valence electrons. The lowest BCUT2D eigenvalue weighted by atomic mass is 10.2. The minimum atomic E-state index is -1.18. The van der Waals surface area contributed by atoms with E-state index >= 15 is 0 Å². The molecule has 7 heteroatoms. The molecule has 0 spiro atoms. The van der Waals surface area contributed by atoms with Crippen molar-refractivity contribution in [3.8, 4) is 11.8 Å². The van der Waals surface area contributed by atoms with E-state index in [4.69, 9.17) is 5.26 Å². The van der Waals surface area contributed by atoms with Gasteiger partial charge in [0.15, 0.2) is 11.6 Å². The number of carbonyl (C=O) groups is 1. The predicted octanol–water partition coefficient (Wildman–Crippen LogP) is 3.19. The quantitative estimate of drug-likeness (QED) is 0.742. The molecule has 2 rings (SSSR count). The molecule has 0 saturated carbocycles. The van der Waals surface area contributed by atoms with E-state index in [1.165, 1.54) is 24.3 Å². The van der Waals surface area contributed by atoms with Crippen molar-refractivity contribution in [2.45, 2.75) is 0 Å². The summed E-state index contributed by atoms with van der Waals surface area (Å²) < 4.78 is 26.1. The highest BCUT2D eigenvalue weighted by atomic mass is 19.1. The van der Waals surface area contributed by atoms with E-state index < -0.39 is 29.1 Å². The average molecular weight is 289 g/mol. The fourth-order valence-electron chi connectivity index (χ4n) is 1.57. The highest BCUT2D eigenvalue weighted by Gasteiger charge is 2.12. The van der Waals surface area contributed by atoms with E-state index in [1.54, 1.807) is 0 Å². The van der Waals surface area contributed by atoms with Crippen molar-refractivity contribution in [2.24, 2.45) is 0 Å². The molecule has 21 heavy (non-hydrogen) atoms. The Bertz CT molecular complexity index is 724. The smallest absolute Gasteiger partial charge is 0.323 e. The van der Waals surface area contributed by atoms with Gasteiger partial charge in [0.1, 0.15) is 5.82 Å². The maximum Gasteiger partial charge on any atom is 0.323 e. The van der Waals surface area contributed by atoms with E-state index in [-0.39, 0.29) is 0 Å². The molecule has 2 aromatic carbocycles. The number of nitriles is 1. The van der Waals surface area contributed by atoms with Crippen LogP contribution in [0.2, 0.25) is 0 Å². The molecule has 0 unspecified atom stereocenters. The van der Waals surface area contributed by atoms with Crippen LogP contribution in [0.4, 0.5) is 25.0 Å². The summed E-state index contributed by atoms with van der Waals surface area (Å²) >= 11 is 0. The van der Waals surface area contributed by atoms with Gasteiger partial charge in [-0.3, -0.25) is 0 Å². The molecule has 0 atom stereocenters. The number of rotatable bonds is 2. The number of phenolic OH excluding ortho intramolecular Hbond substituents is 1. The zero-order chi connectivity index (χ0) is 15.4. The number of hydrogen-bond donors (Lipinski definition) is 3. The van der Waals surface area contributed by atoms with Gasteiger partial charge < -0.3 is 15.7 Å². The topological polar surface area (TPSA) is 85.2 Å². The van der Waals surface area contributed by atoms with Crippen molar-refractivity contribution >= 4 is 17.4 Å². The summed E-state index contributed by atoms with van der Waals surface area (Å²) in [4.78, 5) is 11.7. The summed E-state index contributed by atoms with van der Waals surface area (Å²) in [6, 6.07) is 8.39. The molecule has 0 heterocycles. The molecule has 0 radical (unpaired) electrons. The number of anilines is 2. The monoisotopic (exact) mass is 289 g/mol. The minimum Gasteiger partial charge on any atom is -0.503 e. The second kappa shape index (κ2) is 5.88. The molecular weight excluding hydrogens is 280 g/mol. The highest BCUT2D eigenvalue weighted by molar-refractivity contribution is 6.00. The Morgan fingerprint density at radius 3 is 2.43 bits per heavy atom. The second-order valence-corrected chi connectivity index (χ2v) is 4.05. The Balaban J connectivity index is 2.10. The van der Waals surface area contributed by atoms with Crippen LogP contribution in [0.25, 0.3) is 0 Å². The van der Waals surface area contributed by atoms with Crippen LogP contribution in [0.3, 0.4) is 0 Å². The van der Waals surface area contributed by atoms with Gasteiger partial charge in [0, 0.05) is 17.8 Å². The zero-order valence-corrected chi connectivity index (χ0v) is 10.5. The molecule has 0 bridgehead atoms. The van der Waals surface area contributed by atoms with Crippen LogP contribution >= 0.6 is 0 Å². The van der Waals surface area contributed by atoms with Crippen LogP contribution in [-0.2, 0) is 0 Å². The maximum atomic E-state index is 13.1. The van der Waals surface area contributed by atoms with E-state index in [1.807, 2.05) is 6.07 Å². The number of urea groups is 1. The van der Waals surface area contributed by atoms with Gasteiger partial charge in [-0.15, -0.1) is 0 Å². The first kappa shape index (κ1) is 14.3. The van der Waals surface area contributed by atoms with Gasteiger partial charge in [-0.25, -0.2) is 13.6 Å². The van der Waals surface area contributed by atoms with E-state index in [9.17, 15) is 18.7 Å². The number of aromatic hydroxyl groups is 1. The summed E-state index contributed by atoms with van der Waals surface area (Å²) in [5, 5.41) is 22.5. The number of nitrogens with one attached hydrogen (secondary N) is 2. The molecule has 0 aliphatic heterocycles. The number of halogens is 2. The van der Waals surface area contributed by atoms with Crippen molar-refractivity contribution in [3.05, 3.63) is 53.6 Å². The van der Waals surface area contributed by atoms with E-state index in [0.717, 1.165) is 6.07 Å². The number of carbonyl (C=O) groups excluding carboxylic acids is 1. The first-order valence-electron chi connectivity index (χ1n) is 5.76. The number of amides is 2. The van der Waals surface area contributed by atoms with Crippen molar-refractivity contribution in [1.82, 2.24) is 0 Å². The van der Waals surface area contributed by atoms with Gasteiger partial charge in [-0.2, -0.15) is 5.26 Å². The van der Waals surface area contributed by atoms with Crippen LogP contribution in [0.5, 0.6) is 5.75 Å². The number of nitrogens with zero attached hydrogens (tertiary/aromatic N) is 1. The zero-order valence-electron chi connectivity index (χ0n) is 10.5. The first-order chi connectivity index (χ1) is 9.99. The van der Waals surface area contributed by atoms with Crippen LogP contribution in [0, 0.1) is 23.0 Å². The minimum absolute atomic E-state index is 0.378. The van der Waals surface area contributed by atoms with Gasteiger partial charge in [-0.1, -0.05) is 0 Å². The summed E-state index contributed by atoms with van der Waals surface area (Å²) in [6.45, 7) is 0. The van der Waals surface area contributed by atoms with E-state index in [0.29, 0.717) is 17.3 Å². The average Bonchev–Trinajstić information content (AvgIpc) is 2.45. The van der Waals surface area contributed by atoms with Crippen molar-refractivity contribution in [2.75, 3.05) is 10.6 Å². The Kier molecular flexibility index (Phi) is 4.00. The summed E-state index contributed by atoms with van der Waals surface area (Å²) in [6.07, 6.45) is 0. The van der Waals surface area contributed by atoms with Crippen molar-refractivity contribution < 1.29 is 18.7 Å². The summed E-state index contributed by atoms with van der Waals surface area (Å²) in [5.74, 6) is -2.96. The number of hydrogen-bond acceptors (Lipinski definition) is 3. The van der Waals surface area contributed by atoms with Crippen LogP contribution in [0.15, 0.2) is 36.4 Å². The molecule has 2 amide bonds. The summed E-state index contributed by atoms with van der Waals surface area (Å²) in [5.41, 5.74) is 0.410. The summed E-state index contributed by atoms with van der Waals surface area (Å²) in [7, 11) is 0. The Morgan fingerprint density at radius 2 is 1.81 bits per heavy atom. The Labute approximate surface area is 118 Å². The fraction of sp³-hybridized carbons (Fsp3) is 0. The number of benzene rings is 2. The van der Waals surface area contributed by atoms with Crippen molar-refractivity contribution in [1.29, 1.82) is 5.26 Å². The standard InChI is InChI=1S/C14H9F2N3O2/c15-9-5-11(16)13(20)12(6-9)19-14(21)18-10-3-1-8(7-17)2-4-10/h1-6,20H,(H2,18,19,21). The van der Waals surface area contributed by atoms with Gasteiger partial charge in [0.05, 0.1) is 17.3 Å². The van der Waals surface area contributed by atoms with Gasteiger partial charge in [0.25, 0.3) is 0 Å². The molecule has 2 aromatic rings. The highest BCUT2D eigenvalue weighted by Crippen LogP contribution is 2.27. The van der Waals surface area contributed by atoms with Gasteiger partial charge >= 0.3 is 6.03 Å². The third-order valence-electron chi connectivity index (χ3n) is 2.55. The van der Waals surface area contributed by atoms with Gasteiger partial charge in [0.2, 0.25) is 0 Å². The second-order valence-electron chi connectivity index (χ2n) is 4.05. The number of phenols is 1. The Hall–Kier alpha value is -3.14. The lowest BCUT2D eigenvalue weighted by molar-refractivity contribution is 0.262. The van der Waals surface area contributed by atoms with E-state index in [2.05, 4.69) is 10.6 Å². The van der Waals surface area contributed by atoms with Crippen LogP contribution < -0.4 is 10.6 Å². The third kappa shape index (κ3) is 3.45. The molecule has 3 N–H and O–H groups in total. The third-order valence-corrected chi connectivity index (χ3v) is 2.55. The molecule has 0 aliphatic rings. The Morgan fingerprint density at radius 1 is 1.14 bits per heavy atom. The largest absolute Gasteiger partial charge is 0.503 e. The van der Waals surface area contributed by atoms with Crippen LogP contribution in [-0.4, -0.2) is 11.1 Å². The molecular formula is C14H9F2N3O2.